The summed E-state index contributed by atoms with van der Waals surface area (Å²) in [6.45, 7) is 1.10. The molecule has 2 atom stereocenters. The number of halogens is 4. The average Bonchev–Trinajstić information content (AvgIpc) is 2.74. The minimum atomic E-state index is -4.84. The second-order valence-electron chi connectivity index (χ2n) is 7.21. The van der Waals surface area contributed by atoms with Crippen LogP contribution in [0, 0.1) is 5.82 Å². The molecule has 0 radical (unpaired) electrons. The maximum Gasteiger partial charge on any atom is 0.417 e. The van der Waals surface area contributed by atoms with Crippen LogP contribution in [-0.2, 0) is 15.0 Å². The molecular formula is C20H21F4N5O4. The van der Waals surface area contributed by atoms with Crippen molar-refractivity contribution in [3.63, 3.8) is 0 Å². The van der Waals surface area contributed by atoms with Crippen LogP contribution in [0.4, 0.5) is 23.2 Å². The molecule has 3 rings (SSSR count). The van der Waals surface area contributed by atoms with Crippen LogP contribution < -0.4 is 15.8 Å². The molecule has 9 nitrogen and oxygen atoms in total. The van der Waals surface area contributed by atoms with Gasteiger partial charge in [-0.2, -0.15) is 13.2 Å². The number of aliphatic imine (C=N–C) groups is 1. The number of anilines is 1. The number of carbonyl (C=O) groups is 1. The number of rotatable bonds is 7. The number of hydrogen-bond acceptors (Lipinski definition) is 8. The predicted molar refractivity (Wildman–Crippen MR) is 109 cm³/mol. The molecule has 2 aromatic rings. The minimum absolute atomic E-state index is 0.0140. The summed E-state index contributed by atoms with van der Waals surface area (Å²) in [5.74, 6) is -1.73. The Kier molecular flexibility index (Phi) is 7.12. The number of ether oxygens (including phenoxy) is 3. The smallest absolute Gasteiger partial charge is 0.417 e. The predicted octanol–water partition coefficient (Wildman–Crippen LogP) is 2.43. The third-order valence-electron chi connectivity index (χ3n) is 4.75. The maximum absolute atomic E-state index is 14.6. The lowest BCUT2D eigenvalue weighted by Crippen LogP contribution is -2.53. The molecule has 0 fully saturated rings. The fraction of sp³-hybridized carbons (Fsp3) is 0.400. The highest BCUT2D eigenvalue weighted by molar-refractivity contribution is 6.02. The van der Waals surface area contributed by atoms with Crippen molar-refractivity contribution in [2.45, 2.75) is 24.7 Å². The van der Waals surface area contributed by atoms with Crippen molar-refractivity contribution in [2.75, 3.05) is 32.2 Å². The lowest BCUT2D eigenvalue weighted by molar-refractivity contribution is -0.238. The Labute approximate surface area is 186 Å². The lowest BCUT2D eigenvalue weighted by Gasteiger charge is -2.39. The molecule has 13 heteroatoms. The summed E-state index contributed by atoms with van der Waals surface area (Å²) in [5, 5.41) is 2.45. The first kappa shape index (κ1) is 24.3. The Morgan fingerprint density at radius 2 is 2.06 bits per heavy atom. The van der Waals surface area contributed by atoms with Gasteiger partial charge in [0, 0.05) is 18.4 Å². The van der Waals surface area contributed by atoms with E-state index in [1.54, 1.807) is 0 Å². The van der Waals surface area contributed by atoms with Crippen LogP contribution in [0.2, 0.25) is 0 Å². The molecule has 2 heterocycles. The summed E-state index contributed by atoms with van der Waals surface area (Å²) in [5.41, 5.74) is 2.85. The first-order valence-electron chi connectivity index (χ1n) is 9.62. The number of aromatic nitrogens is 2. The molecule has 0 saturated heterocycles. The van der Waals surface area contributed by atoms with Crippen molar-refractivity contribution in [1.29, 1.82) is 0 Å². The van der Waals surface area contributed by atoms with Crippen LogP contribution in [0.5, 0.6) is 5.88 Å². The molecule has 0 bridgehead atoms. The van der Waals surface area contributed by atoms with Crippen LogP contribution >= 0.6 is 0 Å². The van der Waals surface area contributed by atoms with Gasteiger partial charge in [-0.15, -0.1) is 0 Å². The van der Waals surface area contributed by atoms with E-state index in [9.17, 15) is 22.4 Å². The van der Waals surface area contributed by atoms with E-state index in [2.05, 4.69) is 20.3 Å². The van der Waals surface area contributed by atoms with Gasteiger partial charge in [0.25, 0.3) is 5.91 Å². The molecule has 0 aliphatic carbocycles. The van der Waals surface area contributed by atoms with Crippen LogP contribution in [0.1, 0.15) is 23.0 Å². The van der Waals surface area contributed by atoms with Gasteiger partial charge >= 0.3 is 6.18 Å². The summed E-state index contributed by atoms with van der Waals surface area (Å²) < 4.78 is 70.3. The second-order valence-corrected chi connectivity index (χ2v) is 7.21. The van der Waals surface area contributed by atoms with Gasteiger partial charge in [-0.3, -0.25) is 9.79 Å². The SMILES string of the molecule is COCCOc1cnc(C(=O)Nc2ccc(F)c([C@@]3(C)N=C(N)CO[C@H]3C(F)(F)F)c2)cn1. The molecule has 1 aromatic heterocycles. The van der Waals surface area contributed by atoms with E-state index in [4.69, 9.17) is 19.9 Å². The van der Waals surface area contributed by atoms with E-state index in [1.165, 1.54) is 19.4 Å². The first-order valence-corrected chi connectivity index (χ1v) is 9.62. The van der Waals surface area contributed by atoms with Gasteiger partial charge in [0.2, 0.25) is 5.88 Å². The molecule has 33 heavy (non-hydrogen) atoms. The summed E-state index contributed by atoms with van der Waals surface area (Å²) in [4.78, 5) is 24.2. The highest BCUT2D eigenvalue weighted by Gasteiger charge is 2.56. The van der Waals surface area contributed by atoms with Gasteiger partial charge in [0.1, 0.15) is 36.1 Å². The zero-order chi connectivity index (χ0) is 24.2. The number of benzene rings is 1. The Morgan fingerprint density at radius 1 is 1.30 bits per heavy atom. The number of alkyl halides is 3. The van der Waals surface area contributed by atoms with Gasteiger partial charge in [-0.05, 0) is 25.1 Å². The minimum Gasteiger partial charge on any atom is -0.474 e. The summed E-state index contributed by atoms with van der Waals surface area (Å²) in [6.07, 6.45) is -4.89. The Bertz CT molecular complexity index is 1030. The van der Waals surface area contributed by atoms with Gasteiger partial charge in [-0.25, -0.2) is 14.4 Å². The van der Waals surface area contributed by atoms with E-state index in [0.29, 0.717) is 6.61 Å². The fourth-order valence-corrected chi connectivity index (χ4v) is 3.26. The molecule has 1 aliphatic rings. The van der Waals surface area contributed by atoms with E-state index in [1.807, 2.05) is 0 Å². The fourth-order valence-electron chi connectivity index (χ4n) is 3.26. The molecule has 1 amide bonds. The highest BCUT2D eigenvalue weighted by atomic mass is 19.4. The number of nitrogens with one attached hydrogen (secondary N) is 1. The van der Waals surface area contributed by atoms with E-state index < -0.39 is 41.7 Å². The van der Waals surface area contributed by atoms with Crippen molar-refractivity contribution in [2.24, 2.45) is 10.7 Å². The van der Waals surface area contributed by atoms with E-state index in [0.717, 1.165) is 25.3 Å². The maximum atomic E-state index is 14.6. The summed E-state index contributed by atoms with van der Waals surface area (Å²) in [7, 11) is 1.51. The normalized spacial score (nSPS) is 20.8. The third-order valence-corrected chi connectivity index (χ3v) is 4.75. The number of amidine groups is 1. The molecule has 0 saturated carbocycles. The second kappa shape index (κ2) is 9.67. The molecule has 0 spiro atoms. The van der Waals surface area contributed by atoms with Crippen molar-refractivity contribution < 1.29 is 36.6 Å². The van der Waals surface area contributed by atoms with Gasteiger partial charge in [0.15, 0.2) is 6.10 Å². The topological polar surface area (TPSA) is 121 Å². The summed E-state index contributed by atoms with van der Waals surface area (Å²) in [6, 6.07) is 3.16. The lowest BCUT2D eigenvalue weighted by atomic mass is 9.84. The molecule has 178 valence electrons. The van der Waals surface area contributed by atoms with Crippen LogP contribution in [0.15, 0.2) is 35.6 Å². The number of nitrogens with two attached hydrogens (primary N) is 1. The van der Waals surface area contributed by atoms with Crippen molar-refractivity contribution in [1.82, 2.24) is 9.97 Å². The number of nitrogens with zero attached hydrogens (tertiary/aromatic N) is 3. The van der Waals surface area contributed by atoms with Crippen molar-refractivity contribution >= 4 is 17.4 Å². The number of hydrogen-bond donors (Lipinski definition) is 2. The quantitative estimate of drug-likeness (QED) is 0.470. The van der Waals surface area contributed by atoms with Crippen LogP contribution in [0.25, 0.3) is 0 Å². The first-order chi connectivity index (χ1) is 15.5. The third kappa shape index (κ3) is 5.54. The largest absolute Gasteiger partial charge is 0.474 e. The highest BCUT2D eigenvalue weighted by Crippen LogP contribution is 2.43. The van der Waals surface area contributed by atoms with E-state index in [-0.39, 0.29) is 29.7 Å². The molecular weight excluding hydrogens is 450 g/mol. The van der Waals surface area contributed by atoms with Crippen molar-refractivity contribution in [3.8, 4) is 5.88 Å². The Hall–Kier alpha value is -3.32. The van der Waals surface area contributed by atoms with Crippen molar-refractivity contribution in [3.05, 3.63) is 47.7 Å². The number of methoxy groups -OCH3 is 1. The van der Waals surface area contributed by atoms with Crippen LogP contribution in [-0.4, -0.2) is 60.9 Å². The van der Waals surface area contributed by atoms with Gasteiger partial charge < -0.3 is 25.3 Å². The Balaban J connectivity index is 1.84. The zero-order valence-electron chi connectivity index (χ0n) is 17.6. The monoisotopic (exact) mass is 471 g/mol. The molecule has 1 aliphatic heterocycles. The standard InChI is InChI=1S/C20H21F4N5O4/c1-19(18(20(22,23)24)33-10-15(25)29-19)12-7-11(3-4-13(12)21)28-17(30)14-8-27-16(9-26-14)32-6-5-31-2/h3-4,7-9,18H,5-6,10H2,1-2H3,(H2,25,29)(H,28,30)/t18-,19-/m1/s1. The van der Waals surface area contributed by atoms with Crippen LogP contribution in [0.3, 0.4) is 0 Å². The molecule has 3 N–H and O–H groups in total. The van der Waals surface area contributed by atoms with E-state index >= 15 is 0 Å². The number of amides is 1. The Morgan fingerprint density at radius 3 is 2.70 bits per heavy atom. The average molecular weight is 471 g/mol. The summed E-state index contributed by atoms with van der Waals surface area (Å²) >= 11 is 0. The van der Waals surface area contributed by atoms with Gasteiger partial charge in [-0.1, -0.05) is 0 Å². The van der Waals surface area contributed by atoms with Gasteiger partial charge in [0.05, 0.1) is 19.0 Å². The molecule has 1 aromatic carbocycles. The molecule has 0 unspecified atom stereocenters. The zero-order valence-corrected chi connectivity index (χ0v) is 17.6. The number of carbonyl (C=O) groups excluding carboxylic acids is 1.